The van der Waals surface area contributed by atoms with E-state index in [1.54, 1.807) is 0 Å². The Morgan fingerprint density at radius 2 is 1.59 bits per heavy atom. The minimum Gasteiger partial charge on any atom is -0.405 e. The van der Waals surface area contributed by atoms with E-state index in [2.05, 4.69) is 102 Å². The molecule has 0 unspecified atom stereocenters. The molecule has 4 aliphatic rings. The lowest BCUT2D eigenvalue weighted by molar-refractivity contribution is -0.137. The molecule has 1 spiro atoms. The van der Waals surface area contributed by atoms with Gasteiger partial charge in [-0.25, -0.2) is 12.7 Å². The van der Waals surface area contributed by atoms with Crippen LogP contribution in [0.4, 0.5) is 0 Å². The summed E-state index contributed by atoms with van der Waals surface area (Å²) in [6, 6.07) is 21.1. The zero-order chi connectivity index (χ0) is 31.7. The highest BCUT2D eigenvalue weighted by molar-refractivity contribution is 7.90. The Labute approximate surface area is 266 Å². The van der Waals surface area contributed by atoms with Crippen molar-refractivity contribution in [2.75, 3.05) is 5.75 Å². The number of fused-ring (bicyclic) bond motifs is 1. The van der Waals surface area contributed by atoms with Gasteiger partial charge < -0.3 is 9.16 Å². The predicted molar refractivity (Wildman–Crippen MR) is 178 cm³/mol. The van der Waals surface area contributed by atoms with Crippen molar-refractivity contribution >= 4 is 34.6 Å². The second-order valence-electron chi connectivity index (χ2n) is 15.7. The van der Waals surface area contributed by atoms with Crippen LogP contribution in [0.25, 0.3) is 0 Å². The molecule has 2 saturated carbocycles. The summed E-state index contributed by atoms with van der Waals surface area (Å²) in [6.45, 7) is 15.3. The molecule has 2 aliphatic heterocycles. The summed E-state index contributed by atoms with van der Waals surface area (Å²) in [5.41, 5.74) is -0.363. The van der Waals surface area contributed by atoms with E-state index >= 15 is 0 Å². The minimum atomic E-state index is -3.64. The van der Waals surface area contributed by atoms with E-state index in [4.69, 9.17) is 9.16 Å². The summed E-state index contributed by atoms with van der Waals surface area (Å²) in [7, 11) is -6.33. The molecule has 2 heterocycles. The molecule has 240 valence electrons. The van der Waals surface area contributed by atoms with Crippen LogP contribution >= 0.6 is 0 Å². The standard InChI is InChI=1S/C36H51NO5SSi/c1-25(42-44(34(3,4)5,29-14-10-8-11-15-29)30-16-12-9-13-17-30)22-28-18-19-31(41-28)26(2)33(38)37-32-23-27-20-21-36(32,35(27,6)7)24-43(37,39)40/h8-17,25-28,31-32H,18-24H2,1-7H3/t25-,26-,27+,28+,31-,32+,36+/m0/s1. The van der Waals surface area contributed by atoms with Gasteiger partial charge in [0.15, 0.2) is 0 Å². The van der Waals surface area contributed by atoms with Crippen molar-refractivity contribution in [3.05, 3.63) is 60.7 Å². The summed E-state index contributed by atoms with van der Waals surface area (Å²) in [4.78, 5) is 14.0. The lowest BCUT2D eigenvalue weighted by Crippen LogP contribution is -2.67. The first-order valence-corrected chi connectivity index (χ1v) is 20.2. The van der Waals surface area contributed by atoms with Gasteiger partial charge in [0.1, 0.15) is 0 Å². The second kappa shape index (κ2) is 11.1. The Kier molecular flexibility index (Phi) is 8.03. The Morgan fingerprint density at radius 1 is 1.00 bits per heavy atom. The molecule has 0 aromatic heterocycles. The number of ether oxygens (including phenoxy) is 1. The van der Waals surface area contributed by atoms with Gasteiger partial charge >= 0.3 is 0 Å². The average molecular weight is 638 g/mol. The van der Waals surface area contributed by atoms with E-state index in [9.17, 15) is 13.2 Å². The fraction of sp³-hybridized carbons (Fsp3) is 0.639. The third kappa shape index (κ3) is 4.85. The summed E-state index contributed by atoms with van der Waals surface area (Å²) in [6.07, 6.45) is 4.70. The van der Waals surface area contributed by atoms with Gasteiger partial charge in [0, 0.05) is 11.5 Å². The molecule has 2 aliphatic carbocycles. The Balaban J connectivity index is 1.16. The molecule has 6 rings (SSSR count). The molecule has 44 heavy (non-hydrogen) atoms. The van der Waals surface area contributed by atoms with Crippen LogP contribution < -0.4 is 10.4 Å². The van der Waals surface area contributed by atoms with E-state index in [-0.39, 0.29) is 51.9 Å². The predicted octanol–water partition coefficient (Wildman–Crippen LogP) is 5.89. The highest BCUT2D eigenvalue weighted by Gasteiger charge is 2.72. The van der Waals surface area contributed by atoms with E-state index < -0.39 is 24.3 Å². The molecule has 0 N–H and O–H groups in total. The highest BCUT2D eigenvalue weighted by atomic mass is 32.2. The molecule has 2 aromatic rings. The summed E-state index contributed by atoms with van der Waals surface area (Å²) in [5, 5.41) is 2.39. The number of nitrogens with zero attached hydrogens (tertiary/aromatic N) is 1. The van der Waals surface area contributed by atoms with Crippen molar-refractivity contribution in [2.24, 2.45) is 22.7 Å². The van der Waals surface area contributed by atoms with Gasteiger partial charge in [-0.1, -0.05) is 102 Å². The molecule has 2 aromatic carbocycles. The normalized spacial score (nSPS) is 32.0. The molecule has 8 heteroatoms. The molecule has 6 nitrogen and oxygen atoms in total. The van der Waals surface area contributed by atoms with E-state index in [0.717, 1.165) is 38.5 Å². The van der Waals surface area contributed by atoms with Gasteiger partial charge in [0.05, 0.1) is 29.9 Å². The SMILES string of the molecule is C[C@H](C(=O)N1[C@@H]2C[C@H]3CC[C@]2(CS1(=O)=O)C3(C)C)[C@@H]1CC[C@H](C[C@H](C)O[Si](c2ccccc2)(c2ccccc2)C(C)(C)C)O1. The highest BCUT2D eigenvalue weighted by Crippen LogP contribution is 2.70. The summed E-state index contributed by atoms with van der Waals surface area (Å²) < 4.78 is 42.2. The molecule has 4 fully saturated rings. The maximum Gasteiger partial charge on any atom is 0.261 e. The molecule has 0 radical (unpaired) electrons. The fourth-order valence-corrected chi connectivity index (χ4v) is 17.0. The quantitative estimate of drug-likeness (QED) is 0.338. The van der Waals surface area contributed by atoms with Crippen molar-refractivity contribution in [1.29, 1.82) is 0 Å². The Hall–Kier alpha value is -2.00. The minimum absolute atomic E-state index is 0.0357. The monoisotopic (exact) mass is 637 g/mol. The van der Waals surface area contributed by atoms with Crippen LogP contribution in [-0.4, -0.2) is 57.1 Å². The van der Waals surface area contributed by atoms with Crippen LogP contribution in [0.2, 0.25) is 5.04 Å². The lowest BCUT2D eigenvalue weighted by Gasteiger charge is -2.45. The van der Waals surface area contributed by atoms with Gasteiger partial charge in [-0.3, -0.25) is 4.79 Å². The third-order valence-electron chi connectivity index (χ3n) is 12.1. The first kappa shape index (κ1) is 32.0. The number of amides is 1. The smallest absolute Gasteiger partial charge is 0.261 e. The first-order chi connectivity index (χ1) is 20.6. The van der Waals surface area contributed by atoms with Crippen molar-refractivity contribution in [3.63, 3.8) is 0 Å². The van der Waals surface area contributed by atoms with Crippen LogP contribution in [0.5, 0.6) is 0 Å². The molecular weight excluding hydrogens is 587 g/mol. The summed E-state index contributed by atoms with van der Waals surface area (Å²) >= 11 is 0. The molecular formula is C36H51NO5SSi. The van der Waals surface area contributed by atoms with Crippen LogP contribution in [-0.2, 0) is 24.0 Å². The van der Waals surface area contributed by atoms with Crippen molar-refractivity contribution < 1.29 is 22.4 Å². The zero-order valence-electron chi connectivity index (χ0n) is 27.6. The van der Waals surface area contributed by atoms with Crippen LogP contribution in [0, 0.1) is 22.7 Å². The van der Waals surface area contributed by atoms with Gasteiger partial charge in [0.2, 0.25) is 15.9 Å². The van der Waals surface area contributed by atoms with Crippen LogP contribution in [0.3, 0.4) is 0 Å². The summed E-state index contributed by atoms with van der Waals surface area (Å²) in [5.74, 6) is -0.173. The van der Waals surface area contributed by atoms with Crippen molar-refractivity contribution in [3.8, 4) is 0 Å². The first-order valence-electron chi connectivity index (χ1n) is 16.6. The number of hydrogen-bond donors (Lipinski definition) is 0. The number of sulfonamides is 1. The van der Waals surface area contributed by atoms with Gasteiger partial charge in [0.25, 0.3) is 8.32 Å². The number of rotatable bonds is 8. The lowest BCUT2D eigenvalue weighted by atomic mass is 9.69. The largest absolute Gasteiger partial charge is 0.405 e. The maximum absolute atomic E-state index is 14.0. The van der Waals surface area contributed by atoms with E-state index in [1.807, 2.05) is 6.92 Å². The van der Waals surface area contributed by atoms with Gasteiger partial charge in [-0.2, -0.15) is 0 Å². The maximum atomic E-state index is 14.0. The van der Waals surface area contributed by atoms with Gasteiger partial charge in [-0.15, -0.1) is 0 Å². The van der Waals surface area contributed by atoms with Crippen molar-refractivity contribution in [1.82, 2.24) is 4.31 Å². The second-order valence-corrected chi connectivity index (χ2v) is 21.8. The van der Waals surface area contributed by atoms with Gasteiger partial charge in [-0.05, 0) is 72.2 Å². The average Bonchev–Trinajstić information content (AvgIpc) is 3.65. The van der Waals surface area contributed by atoms with E-state index in [0.29, 0.717) is 5.92 Å². The number of carbonyl (C=O) groups is 1. The number of hydrogen-bond acceptors (Lipinski definition) is 5. The van der Waals surface area contributed by atoms with Crippen molar-refractivity contribution in [2.45, 2.75) is 116 Å². The molecule has 2 saturated heterocycles. The third-order valence-corrected chi connectivity index (χ3v) is 19.2. The topological polar surface area (TPSA) is 72.9 Å². The molecule has 7 atom stereocenters. The molecule has 1 amide bonds. The number of benzene rings is 2. The molecule has 2 bridgehead atoms. The Morgan fingerprint density at radius 3 is 2.14 bits per heavy atom. The zero-order valence-corrected chi connectivity index (χ0v) is 29.4. The van der Waals surface area contributed by atoms with E-state index in [1.165, 1.54) is 14.7 Å². The van der Waals surface area contributed by atoms with Crippen LogP contribution in [0.1, 0.15) is 87.0 Å². The fourth-order valence-electron chi connectivity index (χ4n) is 9.62. The number of carbonyl (C=O) groups excluding carboxylic acids is 1. The Bertz CT molecular complexity index is 1430. The van der Waals surface area contributed by atoms with Crippen LogP contribution in [0.15, 0.2) is 60.7 Å².